The molecule has 5 heteroatoms. The van der Waals surface area contributed by atoms with Crippen LogP contribution in [0.3, 0.4) is 0 Å². The maximum Gasteiger partial charge on any atom is 0.310 e. The fourth-order valence-electron chi connectivity index (χ4n) is 2.04. The quantitative estimate of drug-likeness (QED) is 0.804. The molecular formula is C15H19NO4. The van der Waals surface area contributed by atoms with E-state index in [1.807, 2.05) is 31.2 Å². The van der Waals surface area contributed by atoms with Gasteiger partial charge in [0.05, 0.1) is 12.5 Å². The number of ether oxygens (including phenoxy) is 1. The minimum atomic E-state index is -0.822. The van der Waals surface area contributed by atoms with Crippen LogP contribution in [-0.2, 0) is 9.59 Å². The molecule has 0 saturated carbocycles. The van der Waals surface area contributed by atoms with Crippen LogP contribution in [-0.4, -0.2) is 41.6 Å². The van der Waals surface area contributed by atoms with E-state index >= 15 is 0 Å². The van der Waals surface area contributed by atoms with Gasteiger partial charge in [-0.15, -0.1) is 0 Å². The molecule has 1 aliphatic heterocycles. The molecular weight excluding hydrogens is 258 g/mol. The largest absolute Gasteiger partial charge is 0.494 e. The summed E-state index contributed by atoms with van der Waals surface area (Å²) in [4.78, 5) is 23.9. The molecule has 1 fully saturated rings. The fourth-order valence-corrected chi connectivity index (χ4v) is 2.04. The average molecular weight is 277 g/mol. The number of carboxylic acid groups (broad SMARTS) is 1. The molecule has 1 aliphatic rings. The van der Waals surface area contributed by atoms with Crippen molar-refractivity contribution in [2.24, 2.45) is 5.92 Å². The Kier molecular flexibility index (Phi) is 4.61. The van der Waals surface area contributed by atoms with Gasteiger partial charge in [-0.25, -0.2) is 0 Å². The zero-order valence-electron chi connectivity index (χ0n) is 11.5. The number of hydrogen-bond acceptors (Lipinski definition) is 3. The highest BCUT2D eigenvalue weighted by molar-refractivity contribution is 5.80. The van der Waals surface area contributed by atoms with Crippen LogP contribution < -0.4 is 4.74 Å². The number of aliphatic carboxylic acids is 1. The van der Waals surface area contributed by atoms with E-state index in [-0.39, 0.29) is 11.8 Å². The van der Waals surface area contributed by atoms with E-state index in [1.165, 1.54) is 5.56 Å². The third-order valence-electron chi connectivity index (χ3n) is 3.41. The Morgan fingerprint density at radius 1 is 1.30 bits per heavy atom. The zero-order valence-corrected chi connectivity index (χ0v) is 11.5. The summed E-state index contributed by atoms with van der Waals surface area (Å²) >= 11 is 0. The molecule has 1 aromatic carbocycles. The lowest BCUT2D eigenvalue weighted by molar-refractivity contribution is -0.152. The Labute approximate surface area is 118 Å². The number of carboxylic acids is 1. The Morgan fingerprint density at radius 3 is 2.55 bits per heavy atom. The number of benzene rings is 1. The number of carbonyl (C=O) groups is 2. The van der Waals surface area contributed by atoms with Crippen LogP contribution in [0.25, 0.3) is 0 Å². The van der Waals surface area contributed by atoms with Gasteiger partial charge in [0.2, 0.25) is 5.91 Å². The van der Waals surface area contributed by atoms with Crippen LogP contribution >= 0.6 is 0 Å². The molecule has 1 saturated heterocycles. The van der Waals surface area contributed by atoms with E-state index in [9.17, 15) is 9.59 Å². The van der Waals surface area contributed by atoms with E-state index in [2.05, 4.69) is 0 Å². The number of hydrogen-bond donors (Lipinski definition) is 1. The summed E-state index contributed by atoms with van der Waals surface area (Å²) in [7, 11) is 0. The Bertz CT molecular complexity index is 477. The van der Waals surface area contributed by atoms with Gasteiger partial charge in [-0.05, 0) is 25.5 Å². The van der Waals surface area contributed by atoms with Gasteiger partial charge in [0.1, 0.15) is 5.75 Å². The summed E-state index contributed by atoms with van der Waals surface area (Å²) in [5.41, 5.74) is 1.18. The van der Waals surface area contributed by atoms with Gasteiger partial charge >= 0.3 is 5.97 Å². The number of likely N-dealkylation sites (tertiary alicyclic amines) is 1. The van der Waals surface area contributed by atoms with Crippen molar-refractivity contribution in [1.29, 1.82) is 0 Å². The van der Waals surface area contributed by atoms with Crippen molar-refractivity contribution in [1.82, 2.24) is 4.90 Å². The molecule has 0 aromatic heterocycles. The molecule has 1 heterocycles. The molecule has 5 nitrogen and oxygen atoms in total. The Morgan fingerprint density at radius 2 is 1.95 bits per heavy atom. The zero-order chi connectivity index (χ0) is 14.5. The maximum absolute atomic E-state index is 11.7. The van der Waals surface area contributed by atoms with E-state index in [4.69, 9.17) is 9.84 Å². The standard InChI is InChI=1S/C15H19NO4/c1-11-4-6-13(7-5-11)20-8-2-3-14(17)16-9-12(10-16)15(18)19/h4-7,12H,2-3,8-10H2,1H3,(H,18,19). The first kappa shape index (κ1) is 14.4. The van der Waals surface area contributed by atoms with Crippen LogP contribution in [0.15, 0.2) is 24.3 Å². The topological polar surface area (TPSA) is 66.8 Å². The number of nitrogens with zero attached hydrogens (tertiary/aromatic N) is 1. The lowest BCUT2D eigenvalue weighted by Crippen LogP contribution is -2.53. The fraction of sp³-hybridized carbons (Fsp3) is 0.467. The summed E-state index contributed by atoms with van der Waals surface area (Å²) in [6.45, 7) is 3.19. The van der Waals surface area contributed by atoms with Crippen molar-refractivity contribution < 1.29 is 19.4 Å². The van der Waals surface area contributed by atoms with E-state index in [0.717, 1.165) is 5.75 Å². The highest BCUT2D eigenvalue weighted by Gasteiger charge is 2.34. The van der Waals surface area contributed by atoms with Crippen LogP contribution in [0.2, 0.25) is 0 Å². The molecule has 0 bridgehead atoms. The molecule has 0 aliphatic carbocycles. The van der Waals surface area contributed by atoms with Gasteiger partial charge in [-0.3, -0.25) is 9.59 Å². The lowest BCUT2D eigenvalue weighted by atomic mass is 10.00. The summed E-state index contributed by atoms with van der Waals surface area (Å²) in [5.74, 6) is -0.396. The molecule has 20 heavy (non-hydrogen) atoms. The normalized spacial score (nSPS) is 14.8. The second-order valence-corrected chi connectivity index (χ2v) is 5.10. The minimum Gasteiger partial charge on any atom is -0.494 e. The molecule has 0 atom stereocenters. The van der Waals surface area contributed by atoms with Crippen molar-refractivity contribution in [3.63, 3.8) is 0 Å². The second-order valence-electron chi connectivity index (χ2n) is 5.10. The maximum atomic E-state index is 11.7. The molecule has 0 radical (unpaired) electrons. The van der Waals surface area contributed by atoms with E-state index < -0.39 is 5.97 Å². The third kappa shape index (κ3) is 3.73. The van der Waals surface area contributed by atoms with Gasteiger partial charge in [-0.2, -0.15) is 0 Å². The number of amides is 1. The van der Waals surface area contributed by atoms with Crippen molar-refractivity contribution in [2.75, 3.05) is 19.7 Å². The summed E-state index contributed by atoms with van der Waals surface area (Å²) in [6, 6.07) is 7.77. The molecule has 0 spiro atoms. The van der Waals surface area contributed by atoms with Crippen molar-refractivity contribution >= 4 is 11.9 Å². The molecule has 108 valence electrons. The monoisotopic (exact) mass is 277 g/mol. The third-order valence-corrected chi connectivity index (χ3v) is 3.41. The average Bonchev–Trinajstić information content (AvgIpc) is 2.34. The van der Waals surface area contributed by atoms with Crippen LogP contribution in [0.1, 0.15) is 18.4 Å². The van der Waals surface area contributed by atoms with E-state index in [1.54, 1.807) is 4.90 Å². The SMILES string of the molecule is Cc1ccc(OCCCC(=O)N2CC(C(=O)O)C2)cc1. The van der Waals surface area contributed by atoms with Gasteiger partial charge in [0, 0.05) is 19.5 Å². The predicted octanol–water partition coefficient (Wildman–Crippen LogP) is 1.70. The first-order chi connectivity index (χ1) is 9.56. The number of rotatable bonds is 6. The van der Waals surface area contributed by atoms with Crippen molar-refractivity contribution in [2.45, 2.75) is 19.8 Å². The van der Waals surface area contributed by atoms with Crippen molar-refractivity contribution in [3.8, 4) is 5.75 Å². The molecule has 1 N–H and O–H groups in total. The molecule has 1 aromatic rings. The number of carbonyl (C=O) groups excluding carboxylic acids is 1. The molecule has 0 unspecified atom stereocenters. The Hall–Kier alpha value is -2.04. The van der Waals surface area contributed by atoms with Gasteiger partial charge in [0.15, 0.2) is 0 Å². The first-order valence-electron chi connectivity index (χ1n) is 6.76. The minimum absolute atomic E-state index is 0.00926. The predicted molar refractivity (Wildman–Crippen MR) is 73.6 cm³/mol. The summed E-state index contributed by atoms with van der Waals surface area (Å²) < 4.78 is 5.54. The summed E-state index contributed by atoms with van der Waals surface area (Å²) in [5, 5.41) is 8.73. The highest BCUT2D eigenvalue weighted by atomic mass is 16.5. The lowest BCUT2D eigenvalue weighted by Gasteiger charge is -2.36. The van der Waals surface area contributed by atoms with E-state index in [0.29, 0.717) is 32.5 Å². The number of aryl methyl sites for hydroxylation is 1. The van der Waals surface area contributed by atoms with Gasteiger partial charge in [0.25, 0.3) is 0 Å². The Balaban J connectivity index is 1.61. The smallest absolute Gasteiger partial charge is 0.310 e. The van der Waals surface area contributed by atoms with Crippen LogP contribution in [0.4, 0.5) is 0 Å². The second kappa shape index (κ2) is 6.41. The van der Waals surface area contributed by atoms with Gasteiger partial charge < -0.3 is 14.7 Å². The first-order valence-corrected chi connectivity index (χ1v) is 6.76. The van der Waals surface area contributed by atoms with Gasteiger partial charge in [-0.1, -0.05) is 17.7 Å². The highest BCUT2D eigenvalue weighted by Crippen LogP contribution is 2.17. The van der Waals surface area contributed by atoms with Crippen molar-refractivity contribution in [3.05, 3.63) is 29.8 Å². The van der Waals surface area contributed by atoms with Crippen LogP contribution in [0, 0.1) is 12.8 Å². The summed E-state index contributed by atoms with van der Waals surface area (Å²) in [6.07, 6.45) is 1.04. The molecule has 1 amide bonds. The molecule has 2 rings (SSSR count). The van der Waals surface area contributed by atoms with Crippen LogP contribution in [0.5, 0.6) is 5.75 Å².